The Balaban J connectivity index is 2.11. The molecule has 2 rings (SSSR count). The summed E-state index contributed by atoms with van der Waals surface area (Å²) in [5.74, 6) is 1.83. The topological polar surface area (TPSA) is 39.1 Å². The number of allylic oxidation sites excluding steroid dienone is 2. The van der Waals surface area contributed by atoms with Crippen molar-refractivity contribution in [2.24, 2.45) is 0 Å². The molecule has 0 aromatic carbocycles. The van der Waals surface area contributed by atoms with E-state index in [0.29, 0.717) is 6.10 Å². The maximum atomic E-state index is 5.82. The zero-order chi connectivity index (χ0) is 11.4. The lowest BCUT2D eigenvalue weighted by Crippen LogP contribution is -2.48. The monoisotopic (exact) mass is 219 g/mol. The van der Waals surface area contributed by atoms with E-state index in [1.165, 1.54) is 0 Å². The van der Waals surface area contributed by atoms with Crippen LogP contribution in [0.3, 0.4) is 0 Å². The van der Waals surface area contributed by atoms with E-state index < -0.39 is 0 Å². The van der Waals surface area contributed by atoms with Gasteiger partial charge in [-0.3, -0.25) is 0 Å². The van der Waals surface area contributed by atoms with Gasteiger partial charge in [-0.1, -0.05) is 6.08 Å². The lowest BCUT2D eigenvalue weighted by atomic mass is 10.2. The average molecular weight is 219 g/mol. The highest BCUT2D eigenvalue weighted by Gasteiger charge is 2.18. The molecule has 0 saturated carbocycles. The van der Waals surface area contributed by atoms with Crippen LogP contribution in [-0.4, -0.2) is 28.7 Å². The Hall–Kier alpha value is -1.55. The summed E-state index contributed by atoms with van der Waals surface area (Å²) in [6.45, 7) is 5.81. The molecular weight excluding hydrogens is 202 g/mol. The largest absolute Gasteiger partial charge is 0.486 e. The first-order chi connectivity index (χ1) is 7.79. The summed E-state index contributed by atoms with van der Waals surface area (Å²) in [6.07, 6.45) is 9.90. The molecule has 1 aromatic heterocycles. The summed E-state index contributed by atoms with van der Waals surface area (Å²) in [6, 6.07) is 0. The molecule has 0 radical (unpaired) electrons. The summed E-state index contributed by atoms with van der Waals surface area (Å²) in [5, 5.41) is 3.18. The van der Waals surface area contributed by atoms with Crippen molar-refractivity contribution in [2.45, 2.75) is 20.0 Å². The van der Waals surface area contributed by atoms with Crippen molar-refractivity contribution >= 4 is 6.20 Å². The van der Waals surface area contributed by atoms with Crippen molar-refractivity contribution in [1.29, 1.82) is 0 Å². The van der Waals surface area contributed by atoms with E-state index >= 15 is 0 Å². The predicted molar refractivity (Wildman–Crippen MR) is 63.8 cm³/mol. The second-order valence-electron chi connectivity index (χ2n) is 3.81. The predicted octanol–water partition coefficient (Wildman–Crippen LogP) is 1.55. The zero-order valence-electron chi connectivity index (χ0n) is 9.68. The Labute approximate surface area is 95.6 Å². The first-order valence-corrected chi connectivity index (χ1v) is 5.51. The van der Waals surface area contributed by atoms with Crippen LogP contribution in [0.1, 0.15) is 12.7 Å². The maximum Gasteiger partial charge on any atom is 0.136 e. The fourth-order valence-electron chi connectivity index (χ4n) is 1.48. The molecule has 86 valence electrons. The van der Waals surface area contributed by atoms with E-state index in [4.69, 9.17) is 4.74 Å². The van der Waals surface area contributed by atoms with Crippen molar-refractivity contribution in [3.63, 3.8) is 0 Å². The number of aromatic nitrogens is 2. The lowest BCUT2D eigenvalue weighted by Gasteiger charge is -2.28. The third-order valence-electron chi connectivity index (χ3n) is 2.51. The Kier molecular flexibility index (Phi) is 3.41. The molecule has 4 heteroatoms. The van der Waals surface area contributed by atoms with E-state index in [9.17, 15) is 0 Å². The normalized spacial score (nSPS) is 17.8. The fraction of sp³-hybridized carbons (Fsp3) is 0.417. The summed E-state index contributed by atoms with van der Waals surface area (Å²) in [7, 11) is 0. The molecule has 0 spiro atoms. The van der Waals surface area contributed by atoms with Crippen molar-refractivity contribution in [1.82, 2.24) is 14.9 Å². The van der Waals surface area contributed by atoms with Crippen LogP contribution in [-0.2, 0) is 4.74 Å². The highest BCUT2D eigenvalue weighted by Crippen LogP contribution is 2.10. The molecule has 1 saturated heterocycles. The SMILES string of the molecule is C/C=C\C(=C/n1ccnc1C)OC1CNC1. The second-order valence-corrected chi connectivity index (χ2v) is 3.81. The molecular formula is C12H17N3O. The molecule has 1 aromatic rings. The zero-order valence-corrected chi connectivity index (χ0v) is 9.68. The van der Waals surface area contributed by atoms with Crippen LogP contribution in [0.25, 0.3) is 6.20 Å². The van der Waals surface area contributed by atoms with Crippen LogP contribution < -0.4 is 5.32 Å². The van der Waals surface area contributed by atoms with E-state index in [0.717, 1.165) is 24.7 Å². The first-order valence-electron chi connectivity index (χ1n) is 5.51. The Morgan fingerprint density at radius 2 is 2.44 bits per heavy atom. The van der Waals surface area contributed by atoms with Gasteiger partial charge in [0.25, 0.3) is 0 Å². The van der Waals surface area contributed by atoms with Crippen LogP contribution in [0.4, 0.5) is 0 Å². The van der Waals surface area contributed by atoms with Gasteiger partial charge in [-0.25, -0.2) is 4.98 Å². The van der Waals surface area contributed by atoms with Crippen LogP contribution in [0.5, 0.6) is 0 Å². The molecule has 0 aliphatic carbocycles. The smallest absolute Gasteiger partial charge is 0.136 e. The molecule has 1 aliphatic heterocycles. The number of nitrogens with one attached hydrogen (secondary N) is 1. The summed E-state index contributed by atoms with van der Waals surface area (Å²) in [5.41, 5.74) is 0. The minimum Gasteiger partial charge on any atom is -0.486 e. The third kappa shape index (κ3) is 2.52. The molecule has 2 heterocycles. The van der Waals surface area contributed by atoms with Crippen LogP contribution >= 0.6 is 0 Å². The molecule has 0 unspecified atom stereocenters. The quantitative estimate of drug-likeness (QED) is 0.617. The number of hydrogen-bond acceptors (Lipinski definition) is 3. The number of ether oxygens (including phenoxy) is 1. The van der Waals surface area contributed by atoms with Crippen molar-refractivity contribution in [3.05, 3.63) is 36.1 Å². The lowest BCUT2D eigenvalue weighted by molar-refractivity contribution is 0.0799. The summed E-state index contributed by atoms with van der Waals surface area (Å²) >= 11 is 0. The highest BCUT2D eigenvalue weighted by atomic mass is 16.5. The van der Waals surface area contributed by atoms with E-state index in [1.807, 2.05) is 43.0 Å². The number of rotatable bonds is 4. The summed E-state index contributed by atoms with van der Waals surface area (Å²) in [4.78, 5) is 4.17. The number of hydrogen-bond donors (Lipinski definition) is 1. The van der Waals surface area contributed by atoms with Crippen molar-refractivity contribution in [2.75, 3.05) is 13.1 Å². The molecule has 0 amide bonds. The Morgan fingerprint density at radius 1 is 1.62 bits per heavy atom. The molecule has 1 aliphatic rings. The Bertz CT molecular complexity index is 402. The number of aryl methyl sites for hydroxylation is 1. The van der Waals surface area contributed by atoms with Crippen LogP contribution in [0.2, 0.25) is 0 Å². The van der Waals surface area contributed by atoms with Gasteiger partial charge >= 0.3 is 0 Å². The molecule has 0 bridgehead atoms. The Morgan fingerprint density at radius 3 is 2.94 bits per heavy atom. The van der Waals surface area contributed by atoms with Gasteiger partial charge in [0.15, 0.2) is 0 Å². The molecule has 4 nitrogen and oxygen atoms in total. The number of nitrogens with zero attached hydrogens (tertiary/aromatic N) is 2. The van der Waals surface area contributed by atoms with E-state index in [2.05, 4.69) is 10.3 Å². The van der Waals surface area contributed by atoms with Crippen LogP contribution in [0.15, 0.2) is 30.3 Å². The van der Waals surface area contributed by atoms with Gasteiger partial charge in [0.1, 0.15) is 17.7 Å². The van der Waals surface area contributed by atoms with Crippen molar-refractivity contribution in [3.8, 4) is 0 Å². The van der Waals surface area contributed by atoms with E-state index in [1.54, 1.807) is 6.20 Å². The van der Waals surface area contributed by atoms with Gasteiger partial charge in [-0.2, -0.15) is 0 Å². The van der Waals surface area contributed by atoms with Gasteiger partial charge in [0.2, 0.25) is 0 Å². The van der Waals surface area contributed by atoms with Gasteiger partial charge < -0.3 is 14.6 Å². The fourth-order valence-corrected chi connectivity index (χ4v) is 1.48. The van der Waals surface area contributed by atoms with E-state index in [-0.39, 0.29) is 0 Å². The number of imidazole rings is 1. The van der Waals surface area contributed by atoms with Gasteiger partial charge in [0, 0.05) is 25.5 Å². The first kappa shape index (κ1) is 11.0. The second kappa shape index (κ2) is 4.99. The molecule has 16 heavy (non-hydrogen) atoms. The summed E-state index contributed by atoms with van der Waals surface area (Å²) < 4.78 is 7.78. The third-order valence-corrected chi connectivity index (χ3v) is 2.51. The molecule has 0 atom stereocenters. The molecule has 1 N–H and O–H groups in total. The maximum absolute atomic E-state index is 5.82. The highest BCUT2D eigenvalue weighted by molar-refractivity contribution is 5.35. The van der Waals surface area contributed by atoms with Gasteiger partial charge in [-0.15, -0.1) is 0 Å². The minimum absolute atomic E-state index is 0.297. The van der Waals surface area contributed by atoms with Crippen LogP contribution in [0, 0.1) is 6.92 Å². The molecule has 1 fully saturated rings. The standard InChI is InChI=1S/C12H17N3O/c1-3-4-11(16-12-7-13-8-12)9-15-6-5-14-10(15)2/h3-6,9,12-13H,7-8H2,1-2H3/b4-3-,11-9+. The minimum atomic E-state index is 0.297. The van der Waals surface area contributed by atoms with Crippen molar-refractivity contribution < 1.29 is 4.74 Å². The van der Waals surface area contributed by atoms with Gasteiger partial charge in [0.05, 0.1) is 6.20 Å². The van der Waals surface area contributed by atoms with Gasteiger partial charge in [-0.05, 0) is 19.9 Å². The average Bonchev–Trinajstić information content (AvgIpc) is 2.58.